The third-order valence-electron chi connectivity index (χ3n) is 1.76. The Bertz CT molecular complexity index is 456. The maximum absolute atomic E-state index is 12.7. The monoisotopic (exact) mass is 270 g/mol. The molecule has 17 heavy (non-hydrogen) atoms. The highest BCUT2D eigenvalue weighted by atomic mass is 32.1. The Morgan fingerprint density at radius 2 is 1.88 bits per heavy atom. The van der Waals surface area contributed by atoms with Crippen molar-refractivity contribution >= 4 is 45.9 Å². The first-order valence-electron chi connectivity index (χ1n) is 4.65. The molecule has 0 saturated heterocycles. The van der Waals surface area contributed by atoms with Crippen LogP contribution in [0.3, 0.4) is 0 Å². The van der Waals surface area contributed by atoms with Gasteiger partial charge in [-0.1, -0.05) is 12.2 Å². The first kappa shape index (κ1) is 13.5. The number of hydrogen-bond donors (Lipinski definition) is 3. The highest BCUT2D eigenvalue weighted by Crippen LogP contribution is 2.08. The van der Waals surface area contributed by atoms with E-state index in [-0.39, 0.29) is 10.9 Å². The van der Waals surface area contributed by atoms with Gasteiger partial charge in [-0.05, 0) is 43.4 Å². The van der Waals surface area contributed by atoms with E-state index in [1.807, 2.05) is 0 Å². The molecule has 0 aliphatic carbocycles. The Labute approximate surface area is 109 Å². The lowest BCUT2D eigenvalue weighted by Crippen LogP contribution is -2.28. The molecule has 0 radical (unpaired) electrons. The lowest BCUT2D eigenvalue weighted by molar-refractivity contribution is 0.628. The Kier molecular flexibility index (Phi) is 4.92. The van der Waals surface area contributed by atoms with E-state index >= 15 is 0 Å². The molecule has 0 unspecified atom stereocenters. The van der Waals surface area contributed by atoms with Gasteiger partial charge in [0, 0.05) is 5.69 Å². The van der Waals surface area contributed by atoms with Crippen LogP contribution in [0.15, 0.2) is 29.4 Å². The Balaban J connectivity index is 2.63. The molecule has 0 aliphatic heterocycles. The van der Waals surface area contributed by atoms with E-state index in [4.69, 9.17) is 18.0 Å². The normalized spacial score (nSPS) is 10.8. The first-order chi connectivity index (χ1) is 7.99. The number of hydrogen-bond acceptors (Lipinski definition) is 3. The predicted octanol–water partition coefficient (Wildman–Crippen LogP) is 1.77. The van der Waals surface area contributed by atoms with Crippen molar-refractivity contribution in [3.8, 4) is 0 Å². The summed E-state index contributed by atoms with van der Waals surface area (Å²) in [6.45, 7) is 1.70. The summed E-state index contributed by atoms with van der Waals surface area (Å²) >= 11 is 9.68. The van der Waals surface area contributed by atoms with Crippen LogP contribution in [0.25, 0.3) is 0 Å². The van der Waals surface area contributed by atoms with Crippen LogP contribution in [0.1, 0.15) is 6.92 Å². The van der Waals surface area contributed by atoms with E-state index in [0.29, 0.717) is 16.4 Å². The Morgan fingerprint density at radius 1 is 1.29 bits per heavy atom. The molecular formula is C10H11FN4S2. The number of hydrazone groups is 1. The quantitative estimate of drug-likeness (QED) is 0.444. The van der Waals surface area contributed by atoms with Crippen LogP contribution < -0.4 is 16.5 Å². The van der Waals surface area contributed by atoms with Gasteiger partial charge in [0.1, 0.15) is 10.8 Å². The second kappa shape index (κ2) is 6.21. The lowest BCUT2D eigenvalue weighted by atomic mass is 10.3. The van der Waals surface area contributed by atoms with E-state index < -0.39 is 0 Å². The van der Waals surface area contributed by atoms with Crippen LogP contribution in [0.5, 0.6) is 0 Å². The highest BCUT2D eigenvalue weighted by Gasteiger charge is 2.02. The largest absolute Gasteiger partial charge is 0.375 e. The molecule has 1 aromatic rings. The van der Waals surface area contributed by atoms with Crippen LogP contribution in [-0.4, -0.2) is 15.8 Å². The fourth-order valence-corrected chi connectivity index (χ4v) is 1.15. The molecule has 0 atom stereocenters. The number of nitrogens with zero attached hydrogens (tertiary/aromatic N) is 1. The van der Waals surface area contributed by atoms with E-state index in [1.54, 1.807) is 19.1 Å². The number of rotatable bonds is 3. The molecule has 90 valence electrons. The van der Waals surface area contributed by atoms with Crippen molar-refractivity contribution in [2.75, 3.05) is 5.32 Å². The molecule has 0 bridgehead atoms. The Hall–Kier alpha value is -1.60. The summed E-state index contributed by atoms with van der Waals surface area (Å²) in [5, 5.41) is 6.83. The summed E-state index contributed by atoms with van der Waals surface area (Å²) < 4.78 is 12.7. The van der Waals surface area contributed by atoms with Gasteiger partial charge in [0.2, 0.25) is 0 Å². The number of nitrogens with one attached hydrogen (secondary N) is 2. The second-order valence-corrected chi connectivity index (χ2v) is 3.98. The van der Waals surface area contributed by atoms with Crippen molar-refractivity contribution in [2.24, 2.45) is 10.8 Å². The third kappa shape index (κ3) is 4.83. The summed E-state index contributed by atoms with van der Waals surface area (Å²) in [5.74, 6) is -0.304. The second-order valence-electron chi connectivity index (χ2n) is 3.13. The van der Waals surface area contributed by atoms with Crippen LogP contribution in [0.4, 0.5) is 10.1 Å². The SMILES string of the molecule is CC(=NNC(N)=S)C(=S)Nc1ccc(F)cc1. The number of nitrogens with two attached hydrogens (primary N) is 1. The standard InChI is InChI=1S/C10H11FN4S2/c1-6(14-15-10(12)17)9(16)13-8-4-2-7(11)3-5-8/h2-5H,1H3,(H,13,16)(H3,12,15,17). The minimum Gasteiger partial charge on any atom is -0.375 e. The van der Waals surface area contributed by atoms with E-state index in [0.717, 1.165) is 0 Å². The zero-order valence-electron chi connectivity index (χ0n) is 9.03. The fraction of sp³-hybridized carbons (Fsp3) is 0.100. The summed E-state index contributed by atoms with van der Waals surface area (Å²) in [5.41, 5.74) is 8.86. The van der Waals surface area contributed by atoms with Gasteiger partial charge in [-0.2, -0.15) is 5.10 Å². The molecule has 1 rings (SSSR count). The minimum absolute atomic E-state index is 0.0638. The number of benzene rings is 1. The van der Waals surface area contributed by atoms with Gasteiger partial charge in [-0.3, -0.25) is 5.43 Å². The summed E-state index contributed by atoms with van der Waals surface area (Å²) in [7, 11) is 0. The topological polar surface area (TPSA) is 62.4 Å². The first-order valence-corrected chi connectivity index (χ1v) is 5.47. The van der Waals surface area contributed by atoms with Gasteiger partial charge in [0.25, 0.3) is 0 Å². The van der Waals surface area contributed by atoms with Gasteiger partial charge < -0.3 is 11.1 Å². The molecule has 4 N–H and O–H groups in total. The van der Waals surface area contributed by atoms with Gasteiger partial charge in [-0.15, -0.1) is 0 Å². The molecule has 0 spiro atoms. The van der Waals surface area contributed by atoms with Crippen molar-refractivity contribution in [1.29, 1.82) is 0 Å². The number of anilines is 1. The van der Waals surface area contributed by atoms with Crippen molar-refractivity contribution < 1.29 is 4.39 Å². The van der Waals surface area contributed by atoms with E-state index in [1.165, 1.54) is 12.1 Å². The summed E-state index contributed by atoms with van der Waals surface area (Å²) in [4.78, 5) is 0.403. The summed E-state index contributed by atoms with van der Waals surface area (Å²) in [6.07, 6.45) is 0. The summed E-state index contributed by atoms with van der Waals surface area (Å²) in [6, 6.07) is 5.83. The molecule has 1 aromatic carbocycles. The van der Waals surface area contributed by atoms with Gasteiger partial charge >= 0.3 is 0 Å². The maximum Gasteiger partial charge on any atom is 0.184 e. The van der Waals surface area contributed by atoms with Gasteiger partial charge in [-0.25, -0.2) is 4.39 Å². The predicted molar refractivity (Wildman–Crippen MR) is 75.7 cm³/mol. The third-order valence-corrected chi connectivity index (χ3v) is 2.25. The molecule has 0 aromatic heterocycles. The molecule has 0 amide bonds. The average Bonchev–Trinajstić information content (AvgIpc) is 2.28. The molecule has 0 saturated carbocycles. The number of halogens is 1. The zero-order valence-corrected chi connectivity index (χ0v) is 10.7. The van der Waals surface area contributed by atoms with Crippen molar-refractivity contribution in [1.82, 2.24) is 5.43 Å². The minimum atomic E-state index is -0.304. The van der Waals surface area contributed by atoms with Crippen molar-refractivity contribution in [3.63, 3.8) is 0 Å². The van der Waals surface area contributed by atoms with E-state index in [2.05, 4.69) is 28.1 Å². The molecule has 4 nitrogen and oxygen atoms in total. The number of thiocarbonyl (C=S) groups is 2. The van der Waals surface area contributed by atoms with Gasteiger partial charge in [0.15, 0.2) is 5.11 Å². The van der Waals surface area contributed by atoms with Crippen molar-refractivity contribution in [2.45, 2.75) is 6.92 Å². The molecular weight excluding hydrogens is 259 g/mol. The van der Waals surface area contributed by atoms with Crippen molar-refractivity contribution in [3.05, 3.63) is 30.1 Å². The van der Waals surface area contributed by atoms with Crippen LogP contribution in [-0.2, 0) is 0 Å². The fourth-order valence-electron chi connectivity index (χ4n) is 0.944. The van der Waals surface area contributed by atoms with E-state index in [9.17, 15) is 4.39 Å². The molecule has 0 fully saturated rings. The molecule has 0 aliphatic rings. The Morgan fingerprint density at radius 3 is 2.41 bits per heavy atom. The molecule has 0 heterocycles. The smallest absolute Gasteiger partial charge is 0.184 e. The maximum atomic E-state index is 12.7. The zero-order chi connectivity index (χ0) is 12.8. The lowest BCUT2D eigenvalue weighted by Gasteiger charge is -2.07. The van der Waals surface area contributed by atoms with Gasteiger partial charge in [0.05, 0.1) is 5.71 Å². The average molecular weight is 270 g/mol. The molecule has 7 heteroatoms. The van der Waals surface area contributed by atoms with Crippen LogP contribution in [0.2, 0.25) is 0 Å². The van der Waals surface area contributed by atoms with Crippen LogP contribution >= 0.6 is 24.4 Å². The van der Waals surface area contributed by atoms with Crippen LogP contribution in [0, 0.1) is 5.82 Å². The highest BCUT2D eigenvalue weighted by molar-refractivity contribution is 7.82.